The maximum atomic E-state index is 12.9. The third-order valence-corrected chi connectivity index (χ3v) is 5.48. The van der Waals surface area contributed by atoms with Gasteiger partial charge in [-0.05, 0) is 42.8 Å². The zero-order valence-electron chi connectivity index (χ0n) is 17.7. The average molecular weight is 445 g/mol. The van der Waals surface area contributed by atoms with E-state index in [9.17, 15) is 14.7 Å². The molecular formula is C24H23N5O4. The van der Waals surface area contributed by atoms with E-state index in [1.807, 2.05) is 42.5 Å². The van der Waals surface area contributed by atoms with Crippen molar-refractivity contribution in [2.75, 3.05) is 11.5 Å². The molecule has 3 aromatic rings. The number of hydrogen-bond acceptors (Lipinski definition) is 6. The number of amidine groups is 1. The minimum atomic E-state index is -0.989. The molecule has 0 aliphatic carbocycles. The van der Waals surface area contributed by atoms with Crippen LogP contribution < -0.4 is 15.4 Å². The van der Waals surface area contributed by atoms with Gasteiger partial charge in [0.05, 0.1) is 23.9 Å². The topological polar surface area (TPSA) is 142 Å². The third-order valence-electron chi connectivity index (χ3n) is 5.48. The average Bonchev–Trinajstić information content (AvgIpc) is 3.13. The summed E-state index contributed by atoms with van der Waals surface area (Å²) < 4.78 is 5.96. The first kappa shape index (κ1) is 21.9. The highest BCUT2D eigenvalue weighted by Gasteiger charge is 2.41. The van der Waals surface area contributed by atoms with E-state index in [4.69, 9.17) is 15.9 Å². The van der Waals surface area contributed by atoms with Crippen molar-refractivity contribution in [3.05, 3.63) is 72.6 Å². The van der Waals surface area contributed by atoms with Crippen LogP contribution in [0.4, 0.5) is 5.69 Å². The number of nitrogens with two attached hydrogens (primary N) is 1. The van der Waals surface area contributed by atoms with Crippen LogP contribution in [0.3, 0.4) is 0 Å². The van der Waals surface area contributed by atoms with Crippen molar-refractivity contribution in [3.63, 3.8) is 0 Å². The van der Waals surface area contributed by atoms with Crippen LogP contribution in [0.5, 0.6) is 5.75 Å². The molecule has 0 radical (unpaired) electrons. The first-order chi connectivity index (χ1) is 15.9. The molecule has 0 unspecified atom stereocenters. The maximum Gasteiger partial charge on any atom is 0.304 e. The van der Waals surface area contributed by atoms with Crippen molar-refractivity contribution in [2.24, 2.45) is 11.7 Å². The fourth-order valence-corrected chi connectivity index (χ4v) is 3.87. The number of aliphatic carboxylic acids is 1. The number of carbonyl (C=O) groups is 2. The molecule has 33 heavy (non-hydrogen) atoms. The number of amides is 1. The van der Waals surface area contributed by atoms with E-state index in [1.54, 1.807) is 17.0 Å². The third kappa shape index (κ3) is 4.98. The van der Waals surface area contributed by atoms with Crippen molar-refractivity contribution in [1.82, 2.24) is 9.97 Å². The fraction of sp³-hybridized carbons (Fsp3) is 0.208. The Labute approximate surface area is 190 Å². The number of carbonyl (C=O) groups excluding carboxylic acids is 1. The smallest absolute Gasteiger partial charge is 0.304 e. The van der Waals surface area contributed by atoms with Gasteiger partial charge in [0.25, 0.3) is 0 Å². The molecule has 4 N–H and O–H groups in total. The number of aromatic nitrogens is 2. The maximum absolute atomic E-state index is 12.9. The Balaban J connectivity index is 1.46. The Hall–Kier alpha value is -4.27. The minimum absolute atomic E-state index is 0.0918. The molecular weight excluding hydrogens is 422 g/mol. The van der Waals surface area contributed by atoms with Crippen molar-refractivity contribution >= 4 is 23.4 Å². The molecule has 2 aromatic carbocycles. The molecule has 1 fully saturated rings. The van der Waals surface area contributed by atoms with Gasteiger partial charge < -0.3 is 20.5 Å². The van der Waals surface area contributed by atoms with Gasteiger partial charge in [-0.2, -0.15) is 0 Å². The molecule has 9 heteroatoms. The molecule has 9 nitrogen and oxygen atoms in total. The zero-order chi connectivity index (χ0) is 23.4. The van der Waals surface area contributed by atoms with Gasteiger partial charge in [0.2, 0.25) is 5.91 Å². The quantitative estimate of drug-likeness (QED) is 0.357. The number of carboxylic acids is 1. The van der Waals surface area contributed by atoms with Gasteiger partial charge in [0.1, 0.15) is 18.2 Å². The van der Waals surface area contributed by atoms with Crippen molar-refractivity contribution in [1.29, 1.82) is 5.41 Å². The second-order valence-corrected chi connectivity index (χ2v) is 7.77. The number of ether oxygens (including phenoxy) is 1. The Kier molecular flexibility index (Phi) is 6.30. The number of nitrogens with one attached hydrogen (secondary N) is 1. The lowest BCUT2D eigenvalue weighted by atomic mass is 10.0. The summed E-state index contributed by atoms with van der Waals surface area (Å²) in [5, 5.41) is 16.6. The number of rotatable bonds is 8. The van der Waals surface area contributed by atoms with Gasteiger partial charge >= 0.3 is 5.97 Å². The van der Waals surface area contributed by atoms with Gasteiger partial charge in [-0.3, -0.25) is 15.0 Å². The molecule has 2 atom stereocenters. The molecule has 2 heterocycles. The number of benzene rings is 2. The van der Waals surface area contributed by atoms with Crippen LogP contribution in [0.2, 0.25) is 0 Å². The second-order valence-electron chi connectivity index (χ2n) is 7.77. The summed E-state index contributed by atoms with van der Waals surface area (Å²) in [5.41, 5.74) is 7.39. The zero-order valence-corrected chi connectivity index (χ0v) is 17.7. The van der Waals surface area contributed by atoms with Gasteiger partial charge in [-0.1, -0.05) is 18.2 Å². The Morgan fingerprint density at radius 2 is 1.79 bits per heavy atom. The fourth-order valence-electron chi connectivity index (χ4n) is 3.87. The van der Waals surface area contributed by atoms with Gasteiger partial charge in [0.15, 0.2) is 5.82 Å². The molecule has 0 spiro atoms. The number of hydrogen-bond donors (Lipinski definition) is 3. The monoisotopic (exact) mass is 445 g/mol. The molecule has 0 saturated carbocycles. The van der Waals surface area contributed by atoms with E-state index in [0.717, 1.165) is 11.3 Å². The molecule has 168 valence electrons. The normalized spacial score (nSPS) is 17.7. The number of nitrogen functional groups attached to an aromatic ring is 1. The summed E-state index contributed by atoms with van der Waals surface area (Å²) in [6.07, 6.45) is 3.21. The van der Waals surface area contributed by atoms with Gasteiger partial charge in [0, 0.05) is 23.6 Å². The van der Waals surface area contributed by atoms with Crippen LogP contribution in [0.25, 0.3) is 11.4 Å². The lowest BCUT2D eigenvalue weighted by molar-refractivity contribution is -0.140. The molecule has 1 aliphatic rings. The van der Waals surface area contributed by atoms with E-state index in [1.165, 1.54) is 12.4 Å². The van der Waals surface area contributed by atoms with Gasteiger partial charge in [-0.25, -0.2) is 9.97 Å². The predicted octanol–water partition coefficient (Wildman–Crippen LogP) is 2.70. The minimum Gasteiger partial charge on any atom is -0.491 e. The lowest BCUT2D eigenvalue weighted by Crippen LogP contribution is -2.37. The highest BCUT2D eigenvalue weighted by Crippen LogP contribution is 2.32. The van der Waals surface area contributed by atoms with Crippen LogP contribution in [-0.4, -0.2) is 45.4 Å². The van der Waals surface area contributed by atoms with Crippen molar-refractivity contribution in [3.8, 4) is 17.1 Å². The Bertz CT molecular complexity index is 1150. The molecule has 1 aliphatic heterocycles. The molecule has 1 aromatic heterocycles. The number of anilines is 1. The number of carboxylic acid groups (broad SMARTS) is 1. The Morgan fingerprint density at radius 3 is 2.39 bits per heavy atom. The van der Waals surface area contributed by atoms with Crippen LogP contribution in [-0.2, 0) is 9.59 Å². The highest BCUT2D eigenvalue weighted by molar-refractivity contribution is 5.99. The second kappa shape index (κ2) is 9.47. The first-order valence-electron chi connectivity index (χ1n) is 10.4. The summed E-state index contributed by atoms with van der Waals surface area (Å²) >= 11 is 0. The van der Waals surface area contributed by atoms with E-state index in [-0.39, 0.29) is 30.8 Å². The highest BCUT2D eigenvalue weighted by atomic mass is 16.5. The molecule has 4 rings (SSSR count). The van der Waals surface area contributed by atoms with Crippen LogP contribution in [0.1, 0.15) is 18.4 Å². The van der Waals surface area contributed by atoms with E-state index < -0.39 is 11.9 Å². The standard InChI is InChI=1S/C24H23N5O4/c25-22(26)17-12-27-23(28-13-17)15-6-8-20(9-7-15)33-14-19-10-16(11-21(30)31)24(32)29(19)18-4-2-1-3-5-18/h1-9,12-13,16,19H,10-11,14H2,(H3,25,26)(H,30,31)/t16-,19-/m0/s1. The van der Waals surface area contributed by atoms with Crippen LogP contribution in [0.15, 0.2) is 67.0 Å². The summed E-state index contributed by atoms with van der Waals surface area (Å²) in [6.45, 7) is 0.236. The predicted molar refractivity (Wildman–Crippen MR) is 122 cm³/mol. The summed E-state index contributed by atoms with van der Waals surface area (Å²) in [6, 6.07) is 16.2. The van der Waals surface area contributed by atoms with Crippen molar-refractivity contribution < 1.29 is 19.4 Å². The van der Waals surface area contributed by atoms with Crippen LogP contribution >= 0.6 is 0 Å². The summed E-state index contributed by atoms with van der Waals surface area (Å²) in [5.74, 6) is -0.739. The summed E-state index contributed by atoms with van der Waals surface area (Å²) in [7, 11) is 0. The number of nitrogens with zero attached hydrogens (tertiary/aromatic N) is 3. The Morgan fingerprint density at radius 1 is 1.12 bits per heavy atom. The summed E-state index contributed by atoms with van der Waals surface area (Å²) in [4.78, 5) is 34.2. The van der Waals surface area contributed by atoms with Crippen LogP contribution in [0, 0.1) is 11.3 Å². The van der Waals surface area contributed by atoms with Gasteiger partial charge in [-0.15, -0.1) is 0 Å². The molecule has 1 amide bonds. The van der Waals surface area contributed by atoms with Crippen molar-refractivity contribution in [2.45, 2.75) is 18.9 Å². The largest absolute Gasteiger partial charge is 0.491 e. The lowest BCUT2D eigenvalue weighted by Gasteiger charge is -2.25. The molecule has 1 saturated heterocycles. The first-order valence-corrected chi connectivity index (χ1v) is 10.4. The SMILES string of the molecule is N=C(N)c1cnc(-c2ccc(OC[C@@H]3C[C@@H](CC(=O)O)C(=O)N3c3ccccc3)cc2)nc1. The molecule has 0 bridgehead atoms. The number of para-hydroxylation sites is 1. The van der Waals surface area contributed by atoms with E-state index in [0.29, 0.717) is 23.6 Å². The van der Waals surface area contributed by atoms with E-state index in [2.05, 4.69) is 9.97 Å². The van der Waals surface area contributed by atoms with E-state index >= 15 is 0 Å².